The molecule has 0 unspecified atom stereocenters. The first-order valence-electron chi connectivity index (χ1n) is 9.21. The number of aromatic carboxylic acids is 1. The smallest absolute Gasteiger partial charge is 0.335 e. The monoisotopic (exact) mass is 532 g/mol. The number of benzene rings is 2. The van der Waals surface area contributed by atoms with Gasteiger partial charge in [-0.25, -0.2) is 4.79 Å². The second kappa shape index (κ2) is 7.40. The summed E-state index contributed by atoms with van der Waals surface area (Å²) in [4.78, 5) is 11.1. The molecule has 0 aromatic heterocycles. The Labute approximate surface area is 177 Å². The average molecular weight is 532 g/mol. The van der Waals surface area contributed by atoms with Crippen molar-refractivity contribution < 1.29 is 31.0 Å². The van der Waals surface area contributed by atoms with Gasteiger partial charge in [0.2, 0.25) is 0 Å². The number of aryl methyl sites for hydroxylation is 1. The van der Waals surface area contributed by atoms with Gasteiger partial charge in [0.15, 0.2) is 0 Å². The molecule has 0 heterocycles. The Hall–Kier alpha value is -1.66. The van der Waals surface area contributed by atoms with E-state index >= 15 is 0 Å². The van der Waals surface area contributed by atoms with Crippen LogP contribution in [0.3, 0.4) is 0 Å². The summed E-state index contributed by atoms with van der Waals surface area (Å²) in [6.07, 6.45) is 2.37. The van der Waals surface area contributed by atoms with E-state index in [0.29, 0.717) is 5.56 Å². The Morgan fingerprint density at radius 2 is 1.37 bits per heavy atom. The zero-order valence-corrected chi connectivity index (χ0v) is 19.8. The molecule has 142 valence electrons. The van der Waals surface area contributed by atoms with Crippen molar-refractivity contribution >= 4 is 11.5 Å². The van der Waals surface area contributed by atoms with Gasteiger partial charge in [0.05, 0.1) is 5.56 Å². The minimum Gasteiger partial charge on any atom is -0.478 e. The van der Waals surface area contributed by atoms with Crippen LogP contribution in [-0.4, -0.2) is 11.1 Å². The van der Waals surface area contributed by atoms with Gasteiger partial charge in [-0.3, -0.25) is 0 Å². The summed E-state index contributed by atoms with van der Waals surface area (Å²) in [6, 6.07) is 11.6. The number of carboxylic acid groups (broad SMARTS) is 1. The zero-order chi connectivity index (χ0) is 19.3. The molecule has 27 heavy (non-hydrogen) atoms. The van der Waals surface area contributed by atoms with E-state index in [1.54, 1.807) is 12.1 Å². The number of carbonyl (C=O) groups is 1. The molecule has 1 aliphatic rings. The van der Waals surface area contributed by atoms with Gasteiger partial charge in [-0.1, -0.05) is 58.5 Å². The van der Waals surface area contributed by atoms with Crippen LogP contribution in [0.15, 0.2) is 43.0 Å². The van der Waals surface area contributed by atoms with Crippen molar-refractivity contribution in [2.24, 2.45) is 0 Å². The normalized spacial score (nSPS) is 16.8. The predicted molar refractivity (Wildman–Crippen MR) is 108 cm³/mol. The van der Waals surface area contributed by atoms with Crippen LogP contribution in [0.25, 0.3) is 5.57 Å². The summed E-state index contributed by atoms with van der Waals surface area (Å²) in [5.41, 5.74) is 7.79. The molecule has 0 spiro atoms. The van der Waals surface area contributed by atoms with Crippen molar-refractivity contribution in [2.45, 2.75) is 58.3 Å². The van der Waals surface area contributed by atoms with Crippen LogP contribution in [0.1, 0.15) is 78.7 Å². The Kier molecular flexibility index (Phi) is 5.93. The van der Waals surface area contributed by atoms with Crippen LogP contribution in [0.4, 0.5) is 0 Å². The van der Waals surface area contributed by atoms with E-state index in [1.807, 2.05) is 12.1 Å². The van der Waals surface area contributed by atoms with E-state index in [2.05, 4.69) is 53.3 Å². The summed E-state index contributed by atoms with van der Waals surface area (Å²) in [6.45, 7) is 15.8. The minimum atomic E-state index is -0.906. The van der Waals surface area contributed by atoms with E-state index in [9.17, 15) is 4.79 Å². The standard InChI is InChI=1S/C24H28O2.W/c1-15-13-20-21(24(5,6)12-11-23(20,3)4)14-19(15)16(2)17-7-9-18(10-8-17)22(25)26;/h7-10,13-14H,2,11-12H2,1,3-6H3,(H,25,26);. The van der Waals surface area contributed by atoms with Crippen LogP contribution in [-0.2, 0) is 31.9 Å². The third-order valence-electron chi connectivity index (χ3n) is 6.00. The quantitative estimate of drug-likeness (QED) is 0.519. The molecule has 0 aliphatic heterocycles. The van der Waals surface area contributed by atoms with Gasteiger partial charge < -0.3 is 5.11 Å². The summed E-state index contributed by atoms with van der Waals surface area (Å²) in [5.74, 6) is -0.906. The first-order chi connectivity index (χ1) is 12.0. The van der Waals surface area contributed by atoms with E-state index in [-0.39, 0.29) is 31.9 Å². The van der Waals surface area contributed by atoms with Gasteiger partial charge >= 0.3 is 5.97 Å². The number of rotatable bonds is 3. The third kappa shape index (κ3) is 3.97. The van der Waals surface area contributed by atoms with Crippen LogP contribution in [0.2, 0.25) is 0 Å². The Morgan fingerprint density at radius 1 is 0.926 bits per heavy atom. The fourth-order valence-electron chi connectivity index (χ4n) is 4.02. The first kappa shape index (κ1) is 21.6. The van der Waals surface area contributed by atoms with Crippen LogP contribution < -0.4 is 0 Å². The Morgan fingerprint density at radius 3 is 1.85 bits per heavy atom. The molecule has 3 rings (SSSR count). The Bertz CT molecular complexity index is 889. The number of carboxylic acids is 1. The molecular weight excluding hydrogens is 504 g/mol. The van der Waals surface area contributed by atoms with E-state index in [0.717, 1.165) is 16.7 Å². The number of hydrogen-bond acceptors (Lipinski definition) is 1. The summed E-state index contributed by atoms with van der Waals surface area (Å²) >= 11 is 0. The summed E-state index contributed by atoms with van der Waals surface area (Å²) in [5, 5.41) is 9.09. The molecule has 2 aromatic rings. The molecule has 1 aliphatic carbocycles. The molecule has 2 nitrogen and oxygen atoms in total. The molecule has 3 heteroatoms. The topological polar surface area (TPSA) is 37.3 Å². The predicted octanol–water partition coefficient (Wildman–Crippen LogP) is 6.10. The summed E-state index contributed by atoms with van der Waals surface area (Å²) in [7, 11) is 0. The maximum atomic E-state index is 11.1. The van der Waals surface area contributed by atoms with Crippen molar-refractivity contribution in [3.8, 4) is 0 Å². The van der Waals surface area contributed by atoms with E-state index < -0.39 is 5.97 Å². The number of hydrogen-bond donors (Lipinski definition) is 1. The fourth-order valence-corrected chi connectivity index (χ4v) is 4.02. The molecule has 1 N–H and O–H groups in total. The van der Waals surface area contributed by atoms with Crippen LogP contribution >= 0.6 is 0 Å². The molecular formula is C24H28O2W. The summed E-state index contributed by atoms with van der Waals surface area (Å²) < 4.78 is 0. The molecule has 0 saturated carbocycles. The largest absolute Gasteiger partial charge is 0.478 e. The van der Waals surface area contributed by atoms with Gasteiger partial charge in [-0.05, 0) is 76.1 Å². The van der Waals surface area contributed by atoms with E-state index in [1.165, 1.54) is 29.5 Å². The second-order valence-electron chi connectivity index (χ2n) is 8.84. The van der Waals surface area contributed by atoms with Crippen LogP contribution in [0, 0.1) is 6.92 Å². The maximum absolute atomic E-state index is 11.1. The van der Waals surface area contributed by atoms with Gasteiger partial charge in [0.1, 0.15) is 0 Å². The molecule has 0 fully saturated rings. The van der Waals surface area contributed by atoms with Gasteiger partial charge in [0.25, 0.3) is 0 Å². The molecule has 0 bridgehead atoms. The van der Waals surface area contributed by atoms with Crippen molar-refractivity contribution in [1.82, 2.24) is 0 Å². The van der Waals surface area contributed by atoms with E-state index in [4.69, 9.17) is 5.11 Å². The second-order valence-corrected chi connectivity index (χ2v) is 8.84. The first-order valence-corrected chi connectivity index (χ1v) is 9.21. The van der Waals surface area contributed by atoms with Crippen molar-refractivity contribution in [3.63, 3.8) is 0 Å². The fraction of sp³-hybridized carbons (Fsp3) is 0.375. The van der Waals surface area contributed by atoms with Crippen molar-refractivity contribution in [3.05, 3.63) is 76.4 Å². The zero-order valence-electron chi connectivity index (χ0n) is 16.8. The molecule has 0 saturated heterocycles. The SMILES string of the molecule is C=C(c1ccc(C(=O)O)cc1)c1cc2c(cc1C)C(C)(C)CCC2(C)C.[W]. The minimum absolute atomic E-state index is 0. The van der Waals surface area contributed by atoms with Gasteiger partial charge in [0, 0.05) is 21.1 Å². The molecule has 2 aromatic carbocycles. The Balaban J connectivity index is 0.00000261. The van der Waals surface area contributed by atoms with Crippen molar-refractivity contribution in [1.29, 1.82) is 0 Å². The maximum Gasteiger partial charge on any atom is 0.335 e. The average Bonchev–Trinajstić information content (AvgIpc) is 2.58. The number of fused-ring (bicyclic) bond motifs is 1. The molecule has 0 amide bonds. The van der Waals surface area contributed by atoms with Crippen molar-refractivity contribution in [2.75, 3.05) is 0 Å². The van der Waals surface area contributed by atoms with Crippen LogP contribution in [0.5, 0.6) is 0 Å². The third-order valence-corrected chi connectivity index (χ3v) is 6.00. The van der Waals surface area contributed by atoms with Gasteiger partial charge in [-0.2, -0.15) is 0 Å². The van der Waals surface area contributed by atoms with Gasteiger partial charge in [-0.15, -0.1) is 0 Å². The molecule has 0 radical (unpaired) electrons. The molecule has 0 atom stereocenters.